The van der Waals surface area contributed by atoms with Gasteiger partial charge in [0.05, 0.1) is 12.4 Å². The minimum absolute atomic E-state index is 0.938. The maximum Gasteiger partial charge on any atom is 0.137 e. The van der Waals surface area contributed by atoms with E-state index in [9.17, 15) is 0 Å². The molecule has 2 heterocycles. The molecule has 4 heteroatoms. The van der Waals surface area contributed by atoms with Crippen molar-refractivity contribution in [3.05, 3.63) is 42.2 Å². The molecule has 0 saturated carbocycles. The molecule has 0 fully saturated rings. The zero-order chi connectivity index (χ0) is 13.5. The lowest BCUT2D eigenvalue weighted by Crippen LogP contribution is -2.16. The van der Waals surface area contributed by atoms with Gasteiger partial charge < -0.3 is 10.3 Å². The predicted molar refractivity (Wildman–Crippen MR) is 79.4 cm³/mol. The molecule has 0 saturated heterocycles. The van der Waals surface area contributed by atoms with Crippen LogP contribution in [0.25, 0.3) is 11.4 Å². The summed E-state index contributed by atoms with van der Waals surface area (Å²) in [5.74, 6) is 2.10. The van der Waals surface area contributed by atoms with Crippen molar-refractivity contribution in [3.8, 4) is 11.4 Å². The molecule has 1 aliphatic rings. The molecule has 0 atom stereocenters. The predicted octanol–water partition coefficient (Wildman–Crippen LogP) is 2.78. The van der Waals surface area contributed by atoms with Gasteiger partial charge in [-0.25, -0.2) is 4.98 Å². The Bertz CT molecular complexity index is 528. The number of nitrogens with one attached hydrogen (secondary N) is 2. The number of hydrogen-bond donors (Lipinski definition) is 2. The molecule has 0 amide bonds. The first kappa shape index (κ1) is 13.3. The molecule has 19 heavy (non-hydrogen) atoms. The molecule has 1 aromatic carbocycles. The second-order valence-electron chi connectivity index (χ2n) is 4.39. The van der Waals surface area contributed by atoms with E-state index in [1.165, 1.54) is 5.84 Å². The van der Waals surface area contributed by atoms with E-state index in [0.717, 1.165) is 36.6 Å². The van der Waals surface area contributed by atoms with Crippen LogP contribution in [0.1, 0.15) is 19.0 Å². The molecular weight excluding hydrogens is 236 g/mol. The Kier molecular flexibility index (Phi) is 4.72. The first-order valence-electron chi connectivity index (χ1n) is 6.64. The third-order valence-electron chi connectivity index (χ3n) is 2.83. The molecule has 0 radical (unpaired) electrons. The number of nitrogens with zero attached hydrogens (tertiary/aromatic N) is 2. The topological polar surface area (TPSA) is 53.1 Å². The van der Waals surface area contributed by atoms with Crippen LogP contribution in [0.3, 0.4) is 0 Å². The second kappa shape index (κ2) is 6.73. The first-order valence-corrected chi connectivity index (χ1v) is 6.64. The number of aryl methyl sites for hydroxylation is 1. The minimum Gasteiger partial charge on any atom is -0.372 e. The van der Waals surface area contributed by atoms with Crippen LogP contribution in [0.4, 0.5) is 0 Å². The molecule has 0 aliphatic carbocycles. The lowest BCUT2D eigenvalue weighted by Gasteiger charge is -1.93. The van der Waals surface area contributed by atoms with E-state index in [1.54, 1.807) is 0 Å². The number of aromatic amines is 1. The molecule has 1 aromatic heterocycles. The fraction of sp³-hybridized carbons (Fsp3) is 0.333. The molecule has 3 rings (SSSR count). The zero-order valence-corrected chi connectivity index (χ0v) is 11.5. The maximum absolute atomic E-state index is 4.23. The molecule has 4 nitrogen and oxygen atoms in total. The Balaban J connectivity index is 0.000000163. The fourth-order valence-electron chi connectivity index (χ4n) is 1.84. The van der Waals surface area contributed by atoms with E-state index in [2.05, 4.69) is 27.2 Å². The van der Waals surface area contributed by atoms with Crippen molar-refractivity contribution in [1.82, 2.24) is 15.3 Å². The van der Waals surface area contributed by atoms with E-state index in [4.69, 9.17) is 0 Å². The van der Waals surface area contributed by atoms with Crippen molar-refractivity contribution in [2.75, 3.05) is 13.1 Å². The van der Waals surface area contributed by atoms with Crippen molar-refractivity contribution in [3.63, 3.8) is 0 Å². The van der Waals surface area contributed by atoms with Gasteiger partial charge in [-0.05, 0) is 6.92 Å². The largest absolute Gasteiger partial charge is 0.372 e. The number of benzene rings is 1. The van der Waals surface area contributed by atoms with E-state index in [1.807, 2.05) is 43.5 Å². The molecule has 2 aromatic rings. The van der Waals surface area contributed by atoms with E-state index in [-0.39, 0.29) is 0 Å². The highest BCUT2D eigenvalue weighted by Gasteiger charge is 1.99. The quantitative estimate of drug-likeness (QED) is 0.868. The Morgan fingerprint density at radius 3 is 2.47 bits per heavy atom. The van der Waals surface area contributed by atoms with E-state index >= 15 is 0 Å². The van der Waals surface area contributed by atoms with Gasteiger partial charge in [0.2, 0.25) is 0 Å². The number of imidazole rings is 1. The third kappa shape index (κ3) is 3.95. The van der Waals surface area contributed by atoms with Crippen LogP contribution in [0.5, 0.6) is 0 Å². The smallest absolute Gasteiger partial charge is 0.137 e. The summed E-state index contributed by atoms with van der Waals surface area (Å²) in [7, 11) is 0. The molecule has 1 aliphatic heterocycles. The average molecular weight is 256 g/mol. The van der Waals surface area contributed by atoms with Gasteiger partial charge in [-0.3, -0.25) is 4.99 Å². The Morgan fingerprint density at radius 1 is 1.21 bits per heavy atom. The Morgan fingerprint density at radius 2 is 2.00 bits per heavy atom. The van der Waals surface area contributed by atoms with Gasteiger partial charge in [0.15, 0.2) is 0 Å². The normalized spacial score (nSPS) is 13.3. The highest BCUT2D eigenvalue weighted by molar-refractivity contribution is 5.83. The summed E-state index contributed by atoms with van der Waals surface area (Å²) >= 11 is 0. The number of aromatic nitrogens is 2. The maximum atomic E-state index is 4.23. The van der Waals surface area contributed by atoms with Crippen LogP contribution in [0, 0.1) is 6.92 Å². The lowest BCUT2D eigenvalue weighted by atomic mass is 10.2. The summed E-state index contributed by atoms with van der Waals surface area (Å²) in [6.45, 7) is 6.13. The fourth-order valence-corrected chi connectivity index (χ4v) is 1.84. The summed E-state index contributed by atoms with van der Waals surface area (Å²) in [6.07, 6.45) is 2.89. The minimum atomic E-state index is 0.938. The molecule has 100 valence electrons. The zero-order valence-electron chi connectivity index (χ0n) is 11.5. The van der Waals surface area contributed by atoms with Crippen molar-refractivity contribution < 1.29 is 0 Å². The second-order valence-corrected chi connectivity index (χ2v) is 4.39. The van der Waals surface area contributed by atoms with Gasteiger partial charge in [-0.1, -0.05) is 37.3 Å². The van der Waals surface area contributed by atoms with E-state index < -0.39 is 0 Å². The average Bonchev–Trinajstić information content (AvgIpc) is 3.11. The number of hydrogen-bond acceptors (Lipinski definition) is 3. The van der Waals surface area contributed by atoms with Gasteiger partial charge in [-0.2, -0.15) is 0 Å². The van der Waals surface area contributed by atoms with Crippen LogP contribution in [0.15, 0.2) is 41.5 Å². The first-order chi connectivity index (χ1) is 9.29. The highest BCUT2D eigenvalue weighted by Crippen LogP contribution is 2.13. The summed E-state index contributed by atoms with van der Waals surface area (Å²) in [5.41, 5.74) is 2.22. The molecular formula is C15H20N4. The molecule has 0 spiro atoms. The molecule has 0 unspecified atom stereocenters. The third-order valence-corrected chi connectivity index (χ3v) is 2.83. The van der Waals surface area contributed by atoms with Gasteiger partial charge in [0.25, 0.3) is 0 Å². The Hall–Kier alpha value is -2.10. The van der Waals surface area contributed by atoms with Crippen LogP contribution in [-0.2, 0) is 0 Å². The van der Waals surface area contributed by atoms with Crippen LogP contribution >= 0.6 is 0 Å². The van der Waals surface area contributed by atoms with Crippen LogP contribution < -0.4 is 5.32 Å². The van der Waals surface area contributed by atoms with Gasteiger partial charge >= 0.3 is 0 Å². The monoisotopic (exact) mass is 256 g/mol. The van der Waals surface area contributed by atoms with Gasteiger partial charge in [0, 0.05) is 30.4 Å². The number of H-pyrrole nitrogens is 1. The van der Waals surface area contributed by atoms with Crippen molar-refractivity contribution in [1.29, 1.82) is 0 Å². The summed E-state index contributed by atoms with van der Waals surface area (Å²) in [5, 5.41) is 3.16. The summed E-state index contributed by atoms with van der Waals surface area (Å²) in [6, 6.07) is 10.1. The standard InChI is InChI=1S/C10H10N2.C5H10N2/c1-8-7-11-10(12-8)9-5-3-2-4-6-9;1-2-5-6-3-4-7-5/h2-7H,1H3,(H,11,12);2-4H2,1H3,(H,6,7). The van der Waals surface area contributed by atoms with E-state index in [0.29, 0.717) is 0 Å². The molecule has 0 bridgehead atoms. The number of rotatable bonds is 2. The highest BCUT2D eigenvalue weighted by atomic mass is 15.1. The lowest BCUT2D eigenvalue weighted by molar-refractivity contribution is 0.951. The number of aliphatic imine (C=N–C) groups is 1. The van der Waals surface area contributed by atoms with Crippen LogP contribution in [-0.4, -0.2) is 28.9 Å². The van der Waals surface area contributed by atoms with Crippen LogP contribution in [0.2, 0.25) is 0 Å². The SMILES string of the molecule is CCC1=NCCN1.Cc1cnc(-c2ccccc2)[nH]1. The molecule has 2 N–H and O–H groups in total. The van der Waals surface area contributed by atoms with Crippen molar-refractivity contribution >= 4 is 5.84 Å². The summed E-state index contributed by atoms with van der Waals surface area (Å²) in [4.78, 5) is 11.6. The van der Waals surface area contributed by atoms with Crippen molar-refractivity contribution in [2.24, 2.45) is 4.99 Å². The Labute approximate surface area is 114 Å². The number of amidine groups is 1. The van der Waals surface area contributed by atoms with Gasteiger partial charge in [0.1, 0.15) is 5.82 Å². The summed E-state index contributed by atoms with van der Waals surface area (Å²) < 4.78 is 0. The van der Waals surface area contributed by atoms with Crippen molar-refractivity contribution in [2.45, 2.75) is 20.3 Å². The van der Waals surface area contributed by atoms with Gasteiger partial charge in [-0.15, -0.1) is 0 Å².